The number of hydrogen-bond acceptors (Lipinski definition) is 4. The van der Waals surface area contributed by atoms with E-state index in [1.54, 1.807) is 12.1 Å². The van der Waals surface area contributed by atoms with Crippen molar-refractivity contribution in [2.24, 2.45) is 5.73 Å². The maximum atomic E-state index is 12.3. The molecule has 0 unspecified atom stereocenters. The van der Waals surface area contributed by atoms with Gasteiger partial charge in [0, 0.05) is 12.1 Å². The molecule has 0 saturated heterocycles. The maximum Gasteiger partial charge on any atom is 0.240 e. The molecule has 0 aliphatic heterocycles. The van der Waals surface area contributed by atoms with E-state index in [1.807, 2.05) is 6.07 Å². The smallest absolute Gasteiger partial charge is 0.240 e. The first-order valence-electron chi connectivity index (χ1n) is 6.77. The molecule has 2 rings (SSSR count). The Morgan fingerprint density at radius 3 is 2.50 bits per heavy atom. The third-order valence-corrected chi connectivity index (χ3v) is 5.15. The molecule has 0 heterocycles. The zero-order chi connectivity index (χ0) is 14.6. The fourth-order valence-corrected chi connectivity index (χ4v) is 3.77. The van der Waals surface area contributed by atoms with Crippen LogP contribution < -0.4 is 10.5 Å². The fourth-order valence-electron chi connectivity index (χ4n) is 2.45. The van der Waals surface area contributed by atoms with E-state index in [-0.39, 0.29) is 23.4 Å². The van der Waals surface area contributed by atoms with Crippen molar-refractivity contribution in [1.82, 2.24) is 4.72 Å². The monoisotopic (exact) mass is 293 g/mol. The third-order valence-electron chi connectivity index (χ3n) is 3.64. The molecule has 0 spiro atoms. The average Bonchev–Trinajstić information content (AvgIpc) is 2.42. The first-order chi connectivity index (χ1) is 9.53. The van der Waals surface area contributed by atoms with E-state index >= 15 is 0 Å². The van der Waals surface area contributed by atoms with Crippen LogP contribution in [0.2, 0.25) is 0 Å². The van der Waals surface area contributed by atoms with Gasteiger partial charge in [-0.3, -0.25) is 0 Å². The van der Waals surface area contributed by atoms with Crippen molar-refractivity contribution in [1.29, 1.82) is 5.26 Å². The predicted molar refractivity (Wildman–Crippen MR) is 76.3 cm³/mol. The number of nitrogens with one attached hydrogen (secondary N) is 1. The molecule has 1 aromatic rings. The Hall–Kier alpha value is -1.42. The molecule has 1 fully saturated rings. The highest BCUT2D eigenvalue weighted by atomic mass is 32.2. The third kappa shape index (κ3) is 3.57. The van der Waals surface area contributed by atoms with E-state index in [0.29, 0.717) is 0 Å². The number of nitrogens with zero attached hydrogens (tertiary/aromatic N) is 1. The molecule has 0 bridgehead atoms. The molecule has 5 nitrogen and oxygen atoms in total. The topological polar surface area (TPSA) is 96.0 Å². The van der Waals surface area contributed by atoms with Crippen LogP contribution in [0.25, 0.3) is 0 Å². The first kappa shape index (κ1) is 15.0. The van der Waals surface area contributed by atoms with E-state index in [2.05, 4.69) is 4.72 Å². The lowest BCUT2D eigenvalue weighted by atomic mass is 9.92. The summed E-state index contributed by atoms with van der Waals surface area (Å²) in [6, 6.07) is 8.12. The Morgan fingerprint density at radius 2 is 1.90 bits per heavy atom. The summed E-state index contributed by atoms with van der Waals surface area (Å²) in [5, 5.41) is 8.60. The minimum atomic E-state index is -3.54. The lowest BCUT2D eigenvalue weighted by Crippen LogP contribution is -2.49. The number of nitrogens with two attached hydrogens (primary N) is 1. The van der Waals surface area contributed by atoms with Gasteiger partial charge in [-0.05, 0) is 30.5 Å². The largest absolute Gasteiger partial charge is 0.326 e. The van der Waals surface area contributed by atoms with Gasteiger partial charge in [-0.15, -0.1) is 0 Å². The summed E-state index contributed by atoms with van der Waals surface area (Å²) in [5.41, 5.74) is 6.77. The van der Waals surface area contributed by atoms with E-state index in [0.717, 1.165) is 31.2 Å². The van der Waals surface area contributed by atoms with Crippen molar-refractivity contribution in [2.45, 2.75) is 49.1 Å². The second-order valence-electron chi connectivity index (χ2n) is 5.15. The number of nitriles is 1. The highest BCUT2D eigenvalue weighted by Crippen LogP contribution is 2.19. The minimum absolute atomic E-state index is 0.114. The number of sulfonamides is 1. The molecule has 0 aromatic heterocycles. The summed E-state index contributed by atoms with van der Waals surface area (Å²) in [6.45, 7) is 0. The highest BCUT2D eigenvalue weighted by Gasteiger charge is 2.27. The van der Waals surface area contributed by atoms with Crippen LogP contribution >= 0.6 is 0 Å². The molecule has 1 saturated carbocycles. The van der Waals surface area contributed by atoms with Gasteiger partial charge in [-0.2, -0.15) is 5.26 Å². The predicted octanol–water partition coefficient (Wildman–Crippen LogP) is 1.30. The van der Waals surface area contributed by atoms with Crippen LogP contribution in [0.3, 0.4) is 0 Å². The summed E-state index contributed by atoms with van der Waals surface area (Å²) in [7, 11) is -3.54. The molecule has 2 atom stereocenters. The van der Waals surface area contributed by atoms with Crippen LogP contribution in [0, 0.1) is 11.3 Å². The molecule has 6 heteroatoms. The van der Waals surface area contributed by atoms with Crippen LogP contribution in [0.1, 0.15) is 31.2 Å². The van der Waals surface area contributed by atoms with Crippen molar-refractivity contribution < 1.29 is 8.42 Å². The maximum absolute atomic E-state index is 12.3. The van der Waals surface area contributed by atoms with Crippen LogP contribution in [0.4, 0.5) is 0 Å². The minimum Gasteiger partial charge on any atom is -0.326 e. The SMILES string of the molecule is N#CCc1ccc(S(=O)(=O)N[C@@H]2CCCC[C@H]2N)cc1. The van der Waals surface area contributed by atoms with E-state index < -0.39 is 10.0 Å². The lowest BCUT2D eigenvalue weighted by molar-refractivity contribution is 0.361. The molecule has 0 amide bonds. The van der Waals surface area contributed by atoms with Gasteiger partial charge in [0.1, 0.15) is 0 Å². The van der Waals surface area contributed by atoms with E-state index in [9.17, 15) is 8.42 Å². The van der Waals surface area contributed by atoms with Crippen molar-refractivity contribution in [2.75, 3.05) is 0 Å². The molecule has 20 heavy (non-hydrogen) atoms. The molecule has 1 aliphatic rings. The van der Waals surface area contributed by atoms with Crippen LogP contribution in [-0.2, 0) is 16.4 Å². The van der Waals surface area contributed by atoms with Gasteiger partial charge in [0.2, 0.25) is 10.0 Å². The van der Waals surface area contributed by atoms with Gasteiger partial charge in [-0.1, -0.05) is 25.0 Å². The van der Waals surface area contributed by atoms with Gasteiger partial charge in [0.15, 0.2) is 0 Å². The zero-order valence-electron chi connectivity index (χ0n) is 11.2. The quantitative estimate of drug-likeness (QED) is 0.874. The summed E-state index contributed by atoms with van der Waals surface area (Å²) < 4.78 is 27.3. The van der Waals surface area contributed by atoms with Crippen molar-refractivity contribution >= 4 is 10.0 Å². The Labute approximate surface area is 119 Å². The van der Waals surface area contributed by atoms with Gasteiger partial charge < -0.3 is 5.73 Å². The lowest BCUT2D eigenvalue weighted by Gasteiger charge is -2.29. The van der Waals surface area contributed by atoms with Crippen LogP contribution in [0.5, 0.6) is 0 Å². The standard InChI is InChI=1S/C14H19N3O2S/c15-10-9-11-5-7-12(8-6-11)20(18,19)17-14-4-2-1-3-13(14)16/h5-8,13-14,17H,1-4,9,16H2/t13-,14-/m1/s1. The molecule has 108 valence electrons. The normalized spacial score (nSPS) is 23.2. The highest BCUT2D eigenvalue weighted by molar-refractivity contribution is 7.89. The van der Waals surface area contributed by atoms with Crippen LogP contribution in [-0.4, -0.2) is 20.5 Å². The second kappa shape index (κ2) is 6.35. The molecular formula is C14H19N3O2S. The van der Waals surface area contributed by atoms with Gasteiger partial charge in [-0.25, -0.2) is 13.1 Å². The van der Waals surface area contributed by atoms with Gasteiger partial charge in [0.25, 0.3) is 0 Å². The molecule has 1 aromatic carbocycles. The molecule has 3 N–H and O–H groups in total. The molecule has 0 radical (unpaired) electrons. The Bertz CT molecular complexity index is 590. The Morgan fingerprint density at radius 1 is 1.25 bits per heavy atom. The summed E-state index contributed by atoms with van der Waals surface area (Å²) in [5.74, 6) is 0. The first-order valence-corrected chi connectivity index (χ1v) is 8.25. The Balaban J connectivity index is 2.11. The summed E-state index contributed by atoms with van der Waals surface area (Å²) in [4.78, 5) is 0.219. The number of benzene rings is 1. The van der Waals surface area contributed by atoms with E-state index in [1.165, 1.54) is 12.1 Å². The fraction of sp³-hybridized carbons (Fsp3) is 0.500. The Kier molecular flexibility index (Phi) is 4.76. The number of hydrogen-bond donors (Lipinski definition) is 2. The van der Waals surface area contributed by atoms with Crippen molar-refractivity contribution in [3.05, 3.63) is 29.8 Å². The van der Waals surface area contributed by atoms with Gasteiger partial charge in [0.05, 0.1) is 17.4 Å². The van der Waals surface area contributed by atoms with Gasteiger partial charge >= 0.3 is 0 Å². The summed E-state index contributed by atoms with van der Waals surface area (Å²) in [6.07, 6.45) is 3.98. The molecular weight excluding hydrogens is 274 g/mol. The van der Waals surface area contributed by atoms with Crippen molar-refractivity contribution in [3.8, 4) is 6.07 Å². The van der Waals surface area contributed by atoms with Crippen LogP contribution in [0.15, 0.2) is 29.2 Å². The van der Waals surface area contributed by atoms with Crippen molar-refractivity contribution in [3.63, 3.8) is 0 Å². The average molecular weight is 293 g/mol. The molecule has 1 aliphatic carbocycles. The zero-order valence-corrected chi connectivity index (χ0v) is 12.1. The van der Waals surface area contributed by atoms with E-state index in [4.69, 9.17) is 11.0 Å². The second-order valence-corrected chi connectivity index (χ2v) is 6.87. The number of rotatable bonds is 4. The summed E-state index contributed by atoms with van der Waals surface area (Å²) >= 11 is 0.